The summed E-state index contributed by atoms with van der Waals surface area (Å²) < 4.78 is 5.40. The third kappa shape index (κ3) is 7.01. The minimum atomic E-state index is 0. The van der Waals surface area contributed by atoms with E-state index in [1.165, 1.54) is 18.4 Å². The Hall–Kier alpha value is -1.02. The molecule has 0 spiro atoms. The topological polar surface area (TPSA) is 48.9 Å². The lowest BCUT2D eigenvalue weighted by molar-refractivity contribution is 0.167. The normalized spacial score (nSPS) is 16.4. The predicted octanol–water partition coefficient (Wildman–Crippen LogP) is 2.89. The number of hydrogen-bond donors (Lipinski definition) is 2. The highest BCUT2D eigenvalue weighted by Gasteiger charge is 2.21. The molecule has 1 fully saturated rings. The number of rotatable bonds is 6. The number of para-hydroxylation sites is 1. The summed E-state index contributed by atoms with van der Waals surface area (Å²) in [7, 11) is 3.55. The summed E-state index contributed by atoms with van der Waals surface area (Å²) in [6.45, 7) is 7.70. The summed E-state index contributed by atoms with van der Waals surface area (Å²) in [6.07, 6.45) is 3.26. The number of ether oxygens (including phenoxy) is 1. The number of nitrogens with one attached hydrogen (secondary N) is 2. The van der Waals surface area contributed by atoms with E-state index >= 15 is 0 Å². The van der Waals surface area contributed by atoms with Gasteiger partial charge in [-0.05, 0) is 44.7 Å². The first-order valence-corrected chi connectivity index (χ1v) is 8.97. The average molecular weight is 460 g/mol. The number of guanidine groups is 1. The van der Waals surface area contributed by atoms with Crippen LogP contribution in [0.3, 0.4) is 0 Å². The van der Waals surface area contributed by atoms with Crippen molar-refractivity contribution in [1.82, 2.24) is 15.5 Å². The van der Waals surface area contributed by atoms with E-state index in [4.69, 9.17) is 4.74 Å². The minimum absolute atomic E-state index is 0. The molecule has 0 amide bonds. The van der Waals surface area contributed by atoms with E-state index < -0.39 is 0 Å². The van der Waals surface area contributed by atoms with E-state index in [0.717, 1.165) is 37.8 Å². The van der Waals surface area contributed by atoms with E-state index in [0.29, 0.717) is 12.1 Å². The molecule has 0 bridgehead atoms. The molecule has 1 aliphatic rings. The van der Waals surface area contributed by atoms with E-state index in [-0.39, 0.29) is 24.0 Å². The van der Waals surface area contributed by atoms with Crippen molar-refractivity contribution in [3.63, 3.8) is 0 Å². The second-order valence-electron chi connectivity index (χ2n) is 6.61. The molecule has 6 heteroatoms. The standard InChI is InChI=1S/C19H32N4O.HI/c1-15(2)23-13-10-17(11-14-23)22-19(20-3)21-12-9-16-7-5-6-8-18(16)24-4;/h5-8,15,17H,9-14H2,1-4H3,(H2,20,21,22);1H. The first-order valence-electron chi connectivity index (χ1n) is 8.97. The van der Waals surface area contributed by atoms with Crippen LogP contribution in [0.25, 0.3) is 0 Å². The molecule has 0 radical (unpaired) electrons. The van der Waals surface area contributed by atoms with Gasteiger partial charge in [-0.25, -0.2) is 0 Å². The summed E-state index contributed by atoms with van der Waals surface area (Å²) in [5.41, 5.74) is 1.22. The number of aliphatic imine (C=N–C) groups is 1. The number of methoxy groups -OCH3 is 1. The van der Waals surface area contributed by atoms with Gasteiger partial charge in [0.15, 0.2) is 5.96 Å². The number of nitrogens with zero attached hydrogens (tertiary/aromatic N) is 2. The second kappa shape index (κ2) is 11.6. The van der Waals surface area contributed by atoms with E-state index in [9.17, 15) is 0 Å². The van der Waals surface area contributed by atoms with Gasteiger partial charge in [0, 0.05) is 38.8 Å². The van der Waals surface area contributed by atoms with Gasteiger partial charge in [-0.2, -0.15) is 0 Å². The van der Waals surface area contributed by atoms with Gasteiger partial charge in [-0.15, -0.1) is 24.0 Å². The maximum absolute atomic E-state index is 5.40. The molecule has 1 aliphatic heterocycles. The van der Waals surface area contributed by atoms with E-state index in [1.54, 1.807) is 7.11 Å². The third-order valence-electron chi connectivity index (χ3n) is 4.70. The van der Waals surface area contributed by atoms with Crippen molar-refractivity contribution in [3.8, 4) is 5.75 Å². The fraction of sp³-hybridized carbons (Fsp3) is 0.632. The smallest absolute Gasteiger partial charge is 0.191 e. The van der Waals surface area contributed by atoms with Gasteiger partial charge < -0.3 is 20.3 Å². The molecule has 1 heterocycles. The molecule has 2 N–H and O–H groups in total. The van der Waals surface area contributed by atoms with Crippen LogP contribution in [0.15, 0.2) is 29.3 Å². The number of piperidine rings is 1. The van der Waals surface area contributed by atoms with Gasteiger partial charge in [0.1, 0.15) is 5.75 Å². The number of likely N-dealkylation sites (tertiary alicyclic amines) is 1. The van der Waals surface area contributed by atoms with Crippen molar-refractivity contribution >= 4 is 29.9 Å². The molecule has 0 aliphatic carbocycles. The summed E-state index contributed by atoms with van der Waals surface area (Å²) in [4.78, 5) is 6.90. The molecule has 5 nitrogen and oxygen atoms in total. The fourth-order valence-corrected chi connectivity index (χ4v) is 3.17. The van der Waals surface area contributed by atoms with Crippen molar-refractivity contribution < 1.29 is 4.74 Å². The van der Waals surface area contributed by atoms with Crippen LogP contribution in [0, 0.1) is 0 Å². The Morgan fingerprint density at radius 1 is 1.28 bits per heavy atom. The van der Waals surface area contributed by atoms with Gasteiger partial charge in [0.25, 0.3) is 0 Å². The molecule has 1 saturated heterocycles. The summed E-state index contributed by atoms with van der Waals surface area (Å²) in [5, 5.41) is 6.98. The highest BCUT2D eigenvalue weighted by atomic mass is 127. The predicted molar refractivity (Wildman–Crippen MR) is 116 cm³/mol. The molecule has 1 aromatic carbocycles. The second-order valence-corrected chi connectivity index (χ2v) is 6.61. The van der Waals surface area contributed by atoms with E-state index in [2.05, 4.69) is 40.4 Å². The van der Waals surface area contributed by atoms with Crippen LogP contribution in [0.5, 0.6) is 5.75 Å². The Morgan fingerprint density at radius 2 is 1.96 bits per heavy atom. The summed E-state index contributed by atoms with van der Waals surface area (Å²) in [5.74, 6) is 1.84. The fourth-order valence-electron chi connectivity index (χ4n) is 3.17. The Morgan fingerprint density at radius 3 is 2.56 bits per heavy atom. The highest BCUT2D eigenvalue weighted by molar-refractivity contribution is 14.0. The van der Waals surface area contributed by atoms with Gasteiger partial charge in [-0.3, -0.25) is 4.99 Å². The molecule has 0 saturated carbocycles. The van der Waals surface area contributed by atoms with Crippen LogP contribution in [0.2, 0.25) is 0 Å². The molecular weight excluding hydrogens is 427 g/mol. The molecule has 1 aromatic rings. The van der Waals surface area contributed by atoms with E-state index in [1.807, 2.05) is 25.2 Å². The van der Waals surface area contributed by atoms with Crippen LogP contribution >= 0.6 is 24.0 Å². The van der Waals surface area contributed by atoms with Crippen LogP contribution < -0.4 is 15.4 Å². The molecular formula is C19H33IN4O. The molecule has 2 rings (SSSR count). The Kier molecular flexibility index (Phi) is 10.2. The molecule has 142 valence electrons. The van der Waals surface area contributed by atoms with Crippen LogP contribution in [0.1, 0.15) is 32.3 Å². The Labute approximate surface area is 169 Å². The van der Waals surface area contributed by atoms with Crippen molar-refractivity contribution in [2.75, 3.05) is 33.8 Å². The van der Waals surface area contributed by atoms with Crippen LogP contribution in [0.4, 0.5) is 0 Å². The lowest BCUT2D eigenvalue weighted by Crippen LogP contribution is -2.50. The van der Waals surface area contributed by atoms with Crippen LogP contribution in [-0.2, 0) is 6.42 Å². The Balaban J connectivity index is 0.00000312. The van der Waals surface area contributed by atoms with Gasteiger partial charge in [0.05, 0.1) is 7.11 Å². The zero-order valence-electron chi connectivity index (χ0n) is 15.9. The third-order valence-corrected chi connectivity index (χ3v) is 4.70. The van der Waals surface area contributed by atoms with Crippen molar-refractivity contribution in [2.45, 2.75) is 45.2 Å². The van der Waals surface area contributed by atoms with Crippen molar-refractivity contribution in [3.05, 3.63) is 29.8 Å². The minimum Gasteiger partial charge on any atom is -0.496 e. The first kappa shape index (κ1) is 22.0. The van der Waals surface area contributed by atoms with Gasteiger partial charge in [-0.1, -0.05) is 18.2 Å². The quantitative estimate of drug-likeness (QED) is 0.390. The number of hydrogen-bond acceptors (Lipinski definition) is 3. The van der Waals surface area contributed by atoms with Crippen LogP contribution in [-0.4, -0.2) is 56.7 Å². The lowest BCUT2D eigenvalue weighted by Gasteiger charge is -2.35. The number of benzene rings is 1. The SMILES string of the molecule is CN=C(NCCc1ccccc1OC)NC1CCN(C(C)C)CC1.I. The van der Waals surface area contributed by atoms with Gasteiger partial charge >= 0.3 is 0 Å². The zero-order chi connectivity index (χ0) is 17.4. The Bertz CT molecular complexity index is 528. The average Bonchev–Trinajstić information content (AvgIpc) is 2.61. The molecule has 0 unspecified atom stereocenters. The maximum Gasteiger partial charge on any atom is 0.191 e. The monoisotopic (exact) mass is 460 g/mol. The molecule has 0 atom stereocenters. The highest BCUT2D eigenvalue weighted by Crippen LogP contribution is 2.17. The van der Waals surface area contributed by atoms with Crippen molar-refractivity contribution in [1.29, 1.82) is 0 Å². The first-order chi connectivity index (χ1) is 11.6. The van der Waals surface area contributed by atoms with Crippen molar-refractivity contribution in [2.24, 2.45) is 4.99 Å². The summed E-state index contributed by atoms with van der Waals surface area (Å²) in [6, 6.07) is 9.32. The maximum atomic E-state index is 5.40. The zero-order valence-corrected chi connectivity index (χ0v) is 18.2. The molecule has 25 heavy (non-hydrogen) atoms. The molecule has 0 aromatic heterocycles. The number of halogens is 1. The largest absolute Gasteiger partial charge is 0.496 e. The lowest BCUT2D eigenvalue weighted by atomic mass is 10.0. The summed E-state index contributed by atoms with van der Waals surface area (Å²) >= 11 is 0. The van der Waals surface area contributed by atoms with Gasteiger partial charge in [0.2, 0.25) is 0 Å².